The van der Waals surface area contributed by atoms with Gasteiger partial charge in [-0.2, -0.15) is 0 Å². The van der Waals surface area contributed by atoms with Crippen LogP contribution in [0.3, 0.4) is 0 Å². The summed E-state index contributed by atoms with van der Waals surface area (Å²) in [7, 11) is 0. The van der Waals surface area contributed by atoms with E-state index in [4.69, 9.17) is 15.2 Å². The number of hydrogen-bond donors (Lipinski definition) is 1. The molecule has 3 heteroatoms. The number of nitrogens with two attached hydrogens (primary N) is 1. The smallest absolute Gasteiger partial charge is 0.170 e. The average molecular weight is 344 g/mol. The highest BCUT2D eigenvalue weighted by atomic mass is 16.7. The predicted molar refractivity (Wildman–Crippen MR) is 105 cm³/mol. The van der Waals surface area contributed by atoms with Gasteiger partial charge < -0.3 is 15.2 Å². The molecule has 24 heavy (non-hydrogen) atoms. The predicted octanol–water partition coefficient (Wildman–Crippen LogP) is 6.05. The van der Waals surface area contributed by atoms with Gasteiger partial charge in [-0.3, -0.25) is 0 Å². The molecule has 0 amide bonds. The summed E-state index contributed by atoms with van der Waals surface area (Å²) in [4.78, 5) is 0. The van der Waals surface area contributed by atoms with E-state index in [2.05, 4.69) is 27.7 Å². The van der Waals surface area contributed by atoms with E-state index in [1.165, 1.54) is 44.9 Å². The third-order valence-electron chi connectivity index (χ3n) is 4.88. The zero-order valence-electron chi connectivity index (χ0n) is 17.1. The van der Waals surface area contributed by atoms with Crippen LogP contribution in [0.4, 0.5) is 0 Å². The standard InChI is InChI=1S/C21H45NO2/c1-5-9-10-11-12-13-15-20(16-14-17-22)21(8-4,23-18-6-2)24-19-7-3/h20H,5-19,22H2,1-4H3. The molecule has 0 aromatic heterocycles. The molecular formula is C21H45NO2. The maximum absolute atomic E-state index is 6.32. The first-order valence-electron chi connectivity index (χ1n) is 10.7. The number of ether oxygens (including phenoxy) is 2. The molecule has 0 saturated heterocycles. The van der Waals surface area contributed by atoms with Gasteiger partial charge >= 0.3 is 0 Å². The van der Waals surface area contributed by atoms with Crippen molar-refractivity contribution in [3.8, 4) is 0 Å². The lowest BCUT2D eigenvalue weighted by molar-refractivity contribution is -0.272. The van der Waals surface area contributed by atoms with Crippen LogP contribution in [0.5, 0.6) is 0 Å². The normalized spacial score (nSPS) is 13.4. The third-order valence-corrected chi connectivity index (χ3v) is 4.88. The topological polar surface area (TPSA) is 44.5 Å². The molecular weight excluding hydrogens is 298 g/mol. The monoisotopic (exact) mass is 343 g/mol. The van der Waals surface area contributed by atoms with Gasteiger partial charge in [-0.05, 0) is 45.1 Å². The van der Waals surface area contributed by atoms with Gasteiger partial charge in [0, 0.05) is 19.1 Å². The highest BCUT2D eigenvalue weighted by Gasteiger charge is 2.38. The Hall–Kier alpha value is -0.120. The molecule has 0 aliphatic rings. The van der Waals surface area contributed by atoms with Crippen molar-refractivity contribution in [3.05, 3.63) is 0 Å². The highest BCUT2D eigenvalue weighted by molar-refractivity contribution is 4.80. The third kappa shape index (κ3) is 10.0. The SMILES string of the molecule is CCCCCCCCC(CCCN)C(CC)(OCCC)OCCC. The molecule has 146 valence electrons. The minimum atomic E-state index is -0.398. The van der Waals surface area contributed by atoms with Crippen LogP contribution < -0.4 is 5.73 Å². The number of unbranched alkanes of at least 4 members (excludes halogenated alkanes) is 5. The van der Waals surface area contributed by atoms with E-state index in [-0.39, 0.29) is 0 Å². The Balaban J connectivity index is 4.72. The van der Waals surface area contributed by atoms with E-state index in [0.717, 1.165) is 51.9 Å². The van der Waals surface area contributed by atoms with Gasteiger partial charge in [-0.1, -0.05) is 66.2 Å². The molecule has 0 rings (SSSR count). The molecule has 0 aromatic rings. The van der Waals surface area contributed by atoms with Gasteiger partial charge in [0.1, 0.15) is 0 Å². The quantitative estimate of drug-likeness (QED) is 0.243. The molecule has 0 heterocycles. The lowest BCUT2D eigenvalue weighted by atomic mass is 9.86. The number of hydrogen-bond acceptors (Lipinski definition) is 3. The van der Waals surface area contributed by atoms with E-state index < -0.39 is 5.79 Å². The van der Waals surface area contributed by atoms with Crippen molar-refractivity contribution in [2.24, 2.45) is 11.7 Å². The first kappa shape index (κ1) is 23.9. The van der Waals surface area contributed by atoms with E-state index >= 15 is 0 Å². The van der Waals surface area contributed by atoms with E-state index in [1.807, 2.05) is 0 Å². The molecule has 0 radical (unpaired) electrons. The van der Waals surface area contributed by atoms with E-state index in [0.29, 0.717) is 5.92 Å². The Morgan fingerprint density at radius 3 is 1.75 bits per heavy atom. The minimum Gasteiger partial charge on any atom is -0.350 e. The van der Waals surface area contributed by atoms with Gasteiger partial charge in [0.25, 0.3) is 0 Å². The van der Waals surface area contributed by atoms with E-state index in [1.54, 1.807) is 0 Å². The molecule has 0 aliphatic heterocycles. The molecule has 1 atom stereocenters. The van der Waals surface area contributed by atoms with Crippen LogP contribution in [0, 0.1) is 5.92 Å². The molecule has 0 saturated carbocycles. The van der Waals surface area contributed by atoms with Crippen molar-refractivity contribution in [2.45, 2.75) is 111 Å². The molecule has 3 nitrogen and oxygen atoms in total. The first-order valence-corrected chi connectivity index (χ1v) is 10.7. The Morgan fingerprint density at radius 2 is 1.25 bits per heavy atom. The Morgan fingerprint density at radius 1 is 0.708 bits per heavy atom. The number of rotatable bonds is 18. The maximum atomic E-state index is 6.32. The van der Waals surface area contributed by atoms with Gasteiger partial charge in [-0.25, -0.2) is 0 Å². The molecule has 0 spiro atoms. The fourth-order valence-corrected chi connectivity index (χ4v) is 3.44. The summed E-state index contributed by atoms with van der Waals surface area (Å²) in [5.74, 6) is 0.0697. The summed E-state index contributed by atoms with van der Waals surface area (Å²) < 4.78 is 12.6. The van der Waals surface area contributed by atoms with Crippen molar-refractivity contribution < 1.29 is 9.47 Å². The Bertz CT molecular complexity index is 250. The van der Waals surface area contributed by atoms with Crippen LogP contribution in [-0.2, 0) is 9.47 Å². The lowest BCUT2D eigenvalue weighted by Crippen LogP contribution is -2.44. The van der Waals surface area contributed by atoms with Crippen molar-refractivity contribution in [2.75, 3.05) is 19.8 Å². The summed E-state index contributed by atoms with van der Waals surface area (Å²) in [5.41, 5.74) is 5.79. The fourth-order valence-electron chi connectivity index (χ4n) is 3.44. The largest absolute Gasteiger partial charge is 0.350 e. The first-order chi connectivity index (χ1) is 11.7. The summed E-state index contributed by atoms with van der Waals surface area (Å²) >= 11 is 0. The summed E-state index contributed by atoms with van der Waals surface area (Å²) in [6.45, 7) is 11.1. The van der Waals surface area contributed by atoms with Crippen LogP contribution in [0.15, 0.2) is 0 Å². The summed E-state index contributed by atoms with van der Waals surface area (Å²) in [5, 5.41) is 0. The Kier molecular flexibility index (Phi) is 16.3. The average Bonchev–Trinajstić information content (AvgIpc) is 2.61. The van der Waals surface area contributed by atoms with Crippen LogP contribution in [-0.4, -0.2) is 25.5 Å². The van der Waals surface area contributed by atoms with Crippen LogP contribution in [0.25, 0.3) is 0 Å². The Labute approximate surface area is 152 Å². The van der Waals surface area contributed by atoms with Crippen molar-refractivity contribution in [1.29, 1.82) is 0 Å². The van der Waals surface area contributed by atoms with Gasteiger partial charge in [-0.15, -0.1) is 0 Å². The lowest BCUT2D eigenvalue weighted by Gasteiger charge is -2.40. The van der Waals surface area contributed by atoms with Crippen molar-refractivity contribution in [3.63, 3.8) is 0 Å². The van der Waals surface area contributed by atoms with Crippen molar-refractivity contribution in [1.82, 2.24) is 0 Å². The van der Waals surface area contributed by atoms with Crippen LogP contribution in [0.2, 0.25) is 0 Å². The zero-order valence-corrected chi connectivity index (χ0v) is 17.1. The van der Waals surface area contributed by atoms with Crippen molar-refractivity contribution >= 4 is 0 Å². The van der Waals surface area contributed by atoms with Gasteiger partial charge in [0.2, 0.25) is 0 Å². The maximum Gasteiger partial charge on any atom is 0.170 e. The molecule has 1 unspecified atom stereocenters. The van der Waals surface area contributed by atoms with Crippen LogP contribution in [0.1, 0.15) is 105 Å². The summed E-state index contributed by atoms with van der Waals surface area (Å²) in [6.07, 6.45) is 14.4. The van der Waals surface area contributed by atoms with Crippen LogP contribution >= 0.6 is 0 Å². The second-order valence-corrected chi connectivity index (χ2v) is 7.05. The van der Waals surface area contributed by atoms with Gasteiger partial charge in [0.15, 0.2) is 5.79 Å². The highest BCUT2D eigenvalue weighted by Crippen LogP contribution is 2.35. The molecule has 0 aromatic carbocycles. The second kappa shape index (κ2) is 16.4. The van der Waals surface area contributed by atoms with E-state index in [9.17, 15) is 0 Å². The second-order valence-electron chi connectivity index (χ2n) is 7.05. The molecule has 0 bridgehead atoms. The summed E-state index contributed by atoms with van der Waals surface area (Å²) in [6, 6.07) is 0. The van der Waals surface area contributed by atoms with Gasteiger partial charge in [0.05, 0.1) is 0 Å². The minimum absolute atomic E-state index is 0.398. The molecule has 0 aliphatic carbocycles. The molecule has 2 N–H and O–H groups in total. The molecule has 0 fully saturated rings. The fraction of sp³-hybridized carbons (Fsp3) is 1.00. The zero-order chi connectivity index (χ0) is 18.1.